The molecule has 3 rings (SSSR count). The SMILES string of the molecule is Cc1c(Cl)nc(C2CC2)nc1NCC(O)c1ccsc1. The molecule has 0 aliphatic heterocycles. The third-order valence-electron chi connectivity index (χ3n) is 3.44. The number of rotatable bonds is 5. The van der Waals surface area contributed by atoms with E-state index in [1.54, 1.807) is 11.3 Å². The van der Waals surface area contributed by atoms with E-state index in [1.807, 2.05) is 23.8 Å². The molecule has 0 bridgehead atoms. The lowest BCUT2D eigenvalue weighted by molar-refractivity contribution is 0.192. The molecule has 1 saturated carbocycles. The topological polar surface area (TPSA) is 58.0 Å². The number of nitrogens with zero attached hydrogens (tertiary/aromatic N) is 2. The summed E-state index contributed by atoms with van der Waals surface area (Å²) < 4.78 is 0. The lowest BCUT2D eigenvalue weighted by atomic mass is 10.2. The predicted octanol–water partition coefficient (Wildman–Crippen LogP) is 3.52. The van der Waals surface area contributed by atoms with Crippen LogP contribution in [0.15, 0.2) is 16.8 Å². The molecule has 1 aliphatic rings. The van der Waals surface area contributed by atoms with Gasteiger partial charge < -0.3 is 10.4 Å². The number of hydrogen-bond donors (Lipinski definition) is 2. The normalized spacial score (nSPS) is 16.1. The summed E-state index contributed by atoms with van der Waals surface area (Å²) in [5.74, 6) is 1.99. The van der Waals surface area contributed by atoms with Crippen LogP contribution in [0.25, 0.3) is 0 Å². The van der Waals surface area contributed by atoms with Crippen LogP contribution in [-0.2, 0) is 0 Å². The molecule has 1 aliphatic carbocycles. The molecule has 2 N–H and O–H groups in total. The molecule has 1 atom stereocenters. The second-order valence-electron chi connectivity index (χ2n) is 5.07. The zero-order chi connectivity index (χ0) is 14.1. The van der Waals surface area contributed by atoms with Gasteiger partial charge in [-0.3, -0.25) is 0 Å². The van der Waals surface area contributed by atoms with E-state index in [2.05, 4.69) is 15.3 Å². The number of nitrogens with one attached hydrogen (secondary N) is 1. The highest BCUT2D eigenvalue weighted by molar-refractivity contribution is 7.07. The van der Waals surface area contributed by atoms with Gasteiger partial charge in [-0.25, -0.2) is 9.97 Å². The van der Waals surface area contributed by atoms with E-state index in [0.717, 1.165) is 35.6 Å². The summed E-state index contributed by atoms with van der Waals surface area (Å²) in [6.07, 6.45) is 1.73. The van der Waals surface area contributed by atoms with Gasteiger partial charge in [-0.15, -0.1) is 0 Å². The lowest BCUT2D eigenvalue weighted by Crippen LogP contribution is -2.14. The molecule has 2 aromatic heterocycles. The van der Waals surface area contributed by atoms with E-state index in [9.17, 15) is 5.11 Å². The predicted molar refractivity (Wildman–Crippen MR) is 81.5 cm³/mol. The van der Waals surface area contributed by atoms with Crippen LogP contribution in [0.3, 0.4) is 0 Å². The fourth-order valence-electron chi connectivity index (χ4n) is 1.98. The molecule has 2 heterocycles. The van der Waals surface area contributed by atoms with Gasteiger partial charge in [-0.05, 0) is 42.2 Å². The van der Waals surface area contributed by atoms with Crippen LogP contribution in [-0.4, -0.2) is 21.6 Å². The molecule has 106 valence electrons. The van der Waals surface area contributed by atoms with Gasteiger partial charge in [-0.1, -0.05) is 11.6 Å². The van der Waals surface area contributed by atoms with E-state index < -0.39 is 6.10 Å². The summed E-state index contributed by atoms with van der Waals surface area (Å²) in [7, 11) is 0. The van der Waals surface area contributed by atoms with Crippen LogP contribution in [0, 0.1) is 6.92 Å². The number of hydrogen-bond acceptors (Lipinski definition) is 5. The highest BCUT2D eigenvalue weighted by Crippen LogP contribution is 2.39. The quantitative estimate of drug-likeness (QED) is 0.830. The Balaban J connectivity index is 1.73. The molecule has 0 saturated heterocycles. The molecule has 1 unspecified atom stereocenters. The van der Waals surface area contributed by atoms with Crippen molar-refractivity contribution in [2.45, 2.75) is 31.8 Å². The molecule has 0 radical (unpaired) electrons. The number of aliphatic hydroxyl groups is 1. The van der Waals surface area contributed by atoms with Gasteiger partial charge in [0.25, 0.3) is 0 Å². The van der Waals surface area contributed by atoms with Gasteiger partial charge in [0.2, 0.25) is 0 Å². The summed E-state index contributed by atoms with van der Waals surface area (Å²) in [6, 6.07) is 1.92. The molecule has 6 heteroatoms. The molecule has 4 nitrogen and oxygen atoms in total. The first-order valence-electron chi connectivity index (χ1n) is 6.63. The first-order chi connectivity index (χ1) is 9.65. The minimum absolute atomic E-state index is 0.412. The Morgan fingerprint density at radius 2 is 2.30 bits per heavy atom. The Morgan fingerprint density at radius 1 is 1.50 bits per heavy atom. The van der Waals surface area contributed by atoms with Crippen molar-refractivity contribution >= 4 is 28.8 Å². The number of thiophene rings is 1. The van der Waals surface area contributed by atoms with Crippen molar-refractivity contribution in [3.05, 3.63) is 38.9 Å². The van der Waals surface area contributed by atoms with Crippen LogP contribution < -0.4 is 5.32 Å². The van der Waals surface area contributed by atoms with Crippen molar-refractivity contribution in [1.29, 1.82) is 0 Å². The zero-order valence-electron chi connectivity index (χ0n) is 11.1. The van der Waals surface area contributed by atoms with E-state index in [0.29, 0.717) is 17.6 Å². The standard InChI is InChI=1S/C14H16ClN3OS/c1-8-12(15)17-14(9-2-3-9)18-13(8)16-6-11(19)10-4-5-20-7-10/h4-5,7,9,11,19H,2-3,6H2,1H3,(H,16,17,18). The Bertz CT molecular complexity index is 599. The van der Waals surface area contributed by atoms with Crippen molar-refractivity contribution in [2.24, 2.45) is 0 Å². The molecular formula is C14H16ClN3OS. The van der Waals surface area contributed by atoms with Gasteiger partial charge >= 0.3 is 0 Å². The molecule has 0 amide bonds. The first-order valence-corrected chi connectivity index (χ1v) is 7.95. The summed E-state index contributed by atoms with van der Waals surface area (Å²) in [4.78, 5) is 8.86. The zero-order valence-corrected chi connectivity index (χ0v) is 12.7. The third kappa shape index (κ3) is 2.95. The third-order valence-corrected chi connectivity index (χ3v) is 4.51. The summed E-state index contributed by atoms with van der Waals surface area (Å²) in [5, 5.41) is 17.7. The Hall–Kier alpha value is -1.17. The average molecular weight is 310 g/mol. The monoisotopic (exact) mass is 309 g/mol. The minimum atomic E-state index is -0.543. The maximum atomic E-state index is 10.1. The van der Waals surface area contributed by atoms with Crippen molar-refractivity contribution in [1.82, 2.24) is 9.97 Å². The first kappa shape index (κ1) is 13.8. The Labute approximate surface area is 126 Å². The molecule has 0 aromatic carbocycles. The molecule has 2 aromatic rings. The van der Waals surface area contributed by atoms with Crippen LogP contribution in [0.5, 0.6) is 0 Å². The average Bonchev–Trinajstić information content (AvgIpc) is 3.14. The van der Waals surface area contributed by atoms with Crippen LogP contribution in [0.2, 0.25) is 5.15 Å². The Morgan fingerprint density at radius 3 is 2.95 bits per heavy atom. The van der Waals surface area contributed by atoms with Crippen molar-refractivity contribution in [3.8, 4) is 0 Å². The minimum Gasteiger partial charge on any atom is -0.387 e. The molecular weight excluding hydrogens is 294 g/mol. The number of halogens is 1. The fourth-order valence-corrected chi connectivity index (χ4v) is 2.86. The summed E-state index contributed by atoms with van der Waals surface area (Å²) in [5.41, 5.74) is 1.75. The van der Waals surface area contributed by atoms with E-state index >= 15 is 0 Å². The van der Waals surface area contributed by atoms with Crippen LogP contribution >= 0.6 is 22.9 Å². The van der Waals surface area contributed by atoms with Crippen LogP contribution in [0.1, 0.15) is 41.8 Å². The van der Waals surface area contributed by atoms with Crippen molar-refractivity contribution in [3.63, 3.8) is 0 Å². The smallest absolute Gasteiger partial charge is 0.137 e. The van der Waals surface area contributed by atoms with Gasteiger partial charge in [0.05, 0.1) is 6.10 Å². The largest absolute Gasteiger partial charge is 0.387 e. The van der Waals surface area contributed by atoms with Crippen LogP contribution in [0.4, 0.5) is 5.82 Å². The molecule has 1 fully saturated rings. The lowest BCUT2D eigenvalue weighted by Gasteiger charge is -2.14. The van der Waals surface area contributed by atoms with Gasteiger partial charge in [0, 0.05) is 18.0 Å². The maximum Gasteiger partial charge on any atom is 0.137 e. The number of aromatic nitrogens is 2. The van der Waals surface area contributed by atoms with Gasteiger partial charge in [-0.2, -0.15) is 11.3 Å². The number of anilines is 1. The van der Waals surface area contributed by atoms with E-state index in [4.69, 9.17) is 11.6 Å². The highest BCUT2D eigenvalue weighted by atomic mass is 35.5. The van der Waals surface area contributed by atoms with Gasteiger partial charge in [0.1, 0.15) is 16.8 Å². The maximum absolute atomic E-state index is 10.1. The van der Waals surface area contributed by atoms with E-state index in [1.165, 1.54) is 0 Å². The fraction of sp³-hybridized carbons (Fsp3) is 0.429. The van der Waals surface area contributed by atoms with E-state index in [-0.39, 0.29) is 0 Å². The number of aliphatic hydroxyl groups excluding tert-OH is 1. The Kier molecular flexibility index (Phi) is 3.92. The summed E-state index contributed by atoms with van der Waals surface area (Å²) in [6.45, 7) is 2.30. The molecule has 20 heavy (non-hydrogen) atoms. The second-order valence-corrected chi connectivity index (χ2v) is 6.21. The van der Waals surface area contributed by atoms with Gasteiger partial charge in [0.15, 0.2) is 0 Å². The summed E-state index contributed by atoms with van der Waals surface area (Å²) >= 11 is 7.73. The molecule has 0 spiro atoms. The highest BCUT2D eigenvalue weighted by Gasteiger charge is 2.28. The van der Waals surface area contributed by atoms with Crippen molar-refractivity contribution < 1.29 is 5.11 Å². The van der Waals surface area contributed by atoms with Crippen molar-refractivity contribution in [2.75, 3.05) is 11.9 Å². The second kappa shape index (κ2) is 5.68.